The van der Waals surface area contributed by atoms with Crippen molar-refractivity contribution in [1.29, 1.82) is 0 Å². The number of benzene rings is 7. The Morgan fingerprint density at radius 1 is 0.444 bits per heavy atom. The van der Waals surface area contributed by atoms with Crippen molar-refractivity contribution in [2.24, 2.45) is 0 Å². The zero-order valence-corrected chi connectivity index (χ0v) is 25.3. The minimum atomic E-state index is -0.0988. The van der Waals surface area contributed by atoms with Crippen LogP contribution in [0.3, 0.4) is 0 Å². The van der Waals surface area contributed by atoms with E-state index in [9.17, 15) is 0 Å². The lowest BCUT2D eigenvalue weighted by molar-refractivity contribution is 0.666. The Morgan fingerprint density at radius 2 is 1.04 bits per heavy atom. The van der Waals surface area contributed by atoms with Gasteiger partial charge in [-0.15, -0.1) is 0 Å². The number of para-hydroxylation sites is 3. The van der Waals surface area contributed by atoms with E-state index in [1.807, 2.05) is 0 Å². The number of rotatable bonds is 2. The van der Waals surface area contributed by atoms with Gasteiger partial charge in [0.1, 0.15) is 0 Å². The predicted octanol–water partition coefficient (Wildman–Crippen LogP) is 11.3. The first-order chi connectivity index (χ1) is 22.1. The second-order valence-corrected chi connectivity index (χ2v) is 12.9. The summed E-state index contributed by atoms with van der Waals surface area (Å²) in [6.07, 6.45) is 0. The van der Waals surface area contributed by atoms with Crippen LogP contribution in [-0.4, -0.2) is 9.13 Å². The third-order valence-corrected chi connectivity index (χ3v) is 10.3. The minimum absolute atomic E-state index is 0.0988. The molecule has 10 rings (SSSR count). The average molecular weight is 575 g/mol. The van der Waals surface area contributed by atoms with E-state index in [0.29, 0.717) is 0 Å². The molecule has 2 heteroatoms. The zero-order chi connectivity index (χ0) is 29.9. The molecule has 0 N–H and O–H groups in total. The molecular formula is C43H30N2. The Labute approximate surface area is 261 Å². The molecule has 45 heavy (non-hydrogen) atoms. The summed E-state index contributed by atoms with van der Waals surface area (Å²) in [6.45, 7) is 4.79. The quantitative estimate of drug-likeness (QED) is 0.194. The maximum atomic E-state index is 2.52. The van der Waals surface area contributed by atoms with Gasteiger partial charge < -0.3 is 9.13 Å². The highest BCUT2D eigenvalue weighted by molar-refractivity contribution is 6.27. The lowest BCUT2D eigenvalue weighted by Gasteiger charge is -2.24. The molecule has 2 heterocycles. The number of aromatic nitrogens is 2. The van der Waals surface area contributed by atoms with E-state index in [1.165, 1.54) is 88.0 Å². The van der Waals surface area contributed by atoms with Gasteiger partial charge in [-0.3, -0.25) is 0 Å². The van der Waals surface area contributed by atoms with Crippen LogP contribution in [0.5, 0.6) is 0 Å². The Bertz CT molecular complexity index is 2670. The highest BCUT2D eigenvalue weighted by atomic mass is 15.0. The monoisotopic (exact) mass is 574 g/mol. The molecular weight excluding hydrogens is 544 g/mol. The average Bonchev–Trinajstić information content (AvgIpc) is 3.69. The lowest BCUT2D eigenvalue weighted by atomic mass is 9.79. The molecule has 0 bridgehead atoms. The summed E-state index contributed by atoms with van der Waals surface area (Å²) in [4.78, 5) is 0. The van der Waals surface area contributed by atoms with Gasteiger partial charge in [0.2, 0.25) is 0 Å². The molecule has 7 aromatic carbocycles. The highest BCUT2D eigenvalue weighted by Crippen LogP contribution is 2.56. The number of hydrogen-bond donors (Lipinski definition) is 0. The van der Waals surface area contributed by atoms with Gasteiger partial charge in [0.15, 0.2) is 0 Å². The van der Waals surface area contributed by atoms with Crippen molar-refractivity contribution in [1.82, 2.24) is 9.13 Å². The van der Waals surface area contributed by atoms with Crippen molar-refractivity contribution in [3.05, 3.63) is 157 Å². The fourth-order valence-corrected chi connectivity index (χ4v) is 8.44. The second kappa shape index (κ2) is 8.74. The molecule has 1 aliphatic rings. The van der Waals surface area contributed by atoms with E-state index >= 15 is 0 Å². The molecule has 0 spiro atoms. The largest absolute Gasteiger partial charge is 0.309 e. The van der Waals surface area contributed by atoms with Crippen LogP contribution in [0.15, 0.2) is 146 Å². The molecule has 0 aliphatic heterocycles. The maximum absolute atomic E-state index is 2.52. The molecule has 2 aromatic heterocycles. The molecule has 0 fully saturated rings. The summed E-state index contributed by atoms with van der Waals surface area (Å²) in [5.41, 5.74) is 12.8. The van der Waals surface area contributed by atoms with E-state index in [2.05, 4.69) is 169 Å². The molecule has 212 valence electrons. The van der Waals surface area contributed by atoms with Gasteiger partial charge in [0, 0.05) is 43.7 Å². The van der Waals surface area contributed by atoms with Gasteiger partial charge >= 0.3 is 0 Å². The summed E-state index contributed by atoms with van der Waals surface area (Å²) in [6, 6.07) is 53.6. The number of fused-ring (bicyclic) bond motifs is 13. The van der Waals surface area contributed by atoms with E-state index < -0.39 is 0 Å². The lowest BCUT2D eigenvalue weighted by Crippen LogP contribution is -2.15. The van der Waals surface area contributed by atoms with Gasteiger partial charge in [-0.25, -0.2) is 0 Å². The summed E-state index contributed by atoms with van der Waals surface area (Å²) >= 11 is 0. The van der Waals surface area contributed by atoms with Crippen LogP contribution in [0, 0.1) is 0 Å². The Balaban J connectivity index is 1.40. The fourth-order valence-electron chi connectivity index (χ4n) is 8.44. The van der Waals surface area contributed by atoms with Crippen molar-refractivity contribution in [2.45, 2.75) is 19.3 Å². The summed E-state index contributed by atoms with van der Waals surface area (Å²) in [5.74, 6) is 0. The second-order valence-electron chi connectivity index (χ2n) is 12.9. The van der Waals surface area contributed by atoms with Crippen molar-refractivity contribution >= 4 is 54.4 Å². The highest BCUT2D eigenvalue weighted by Gasteiger charge is 2.39. The van der Waals surface area contributed by atoms with Gasteiger partial charge in [0.05, 0.1) is 22.1 Å². The summed E-state index contributed by atoms with van der Waals surface area (Å²) in [7, 11) is 0. The van der Waals surface area contributed by atoms with Gasteiger partial charge in [0.25, 0.3) is 0 Å². The third-order valence-electron chi connectivity index (χ3n) is 10.3. The summed E-state index contributed by atoms with van der Waals surface area (Å²) < 4.78 is 4.93. The summed E-state index contributed by atoms with van der Waals surface area (Å²) in [5, 5.41) is 7.82. The SMILES string of the molecule is CC1(C)c2ccccc2-c2c1c1ccccc1c1c2c2ccccc2n1-c1ccc2c3ccccc3n(-c3ccccc3)c2c1. The molecule has 0 atom stereocenters. The van der Waals surface area contributed by atoms with E-state index in [0.717, 1.165) is 0 Å². The molecule has 9 aromatic rings. The normalized spacial score (nSPS) is 13.7. The Kier molecular flexibility index (Phi) is 4.82. The molecule has 1 aliphatic carbocycles. The van der Waals surface area contributed by atoms with Crippen molar-refractivity contribution in [3.8, 4) is 22.5 Å². The van der Waals surface area contributed by atoms with Crippen LogP contribution in [0.25, 0.3) is 76.9 Å². The first-order valence-electron chi connectivity index (χ1n) is 15.8. The van der Waals surface area contributed by atoms with Crippen molar-refractivity contribution < 1.29 is 0 Å². The minimum Gasteiger partial charge on any atom is -0.309 e. The first kappa shape index (κ1) is 24.8. The third kappa shape index (κ3) is 3.13. The number of hydrogen-bond acceptors (Lipinski definition) is 0. The number of nitrogens with zero attached hydrogens (tertiary/aromatic N) is 2. The van der Waals surface area contributed by atoms with Crippen LogP contribution >= 0.6 is 0 Å². The van der Waals surface area contributed by atoms with E-state index in [4.69, 9.17) is 0 Å². The van der Waals surface area contributed by atoms with Crippen LogP contribution in [0.2, 0.25) is 0 Å². The Hall–Kier alpha value is -5.60. The van der Waals surface area contributed by atoms with Crippen LogP contribution in [0.4, 0.5) is 0 Å². The topological polar surface area (TPSA) is 9.86 Å². The van der Waals surface area contributed by atoms with Crippen molar-refractivity contribution in [2.75, 3.05) is 0 Å². The maximum Gasteiger partial charge on any atom is 0.0625 e. The molecule has 0 amide bonds. The molecule has 2 nitrogen and oxygen atoms in total. The van der Waals surface area contributed by atoms with Gasteiger partial charge in [-0.05, 0) is 64.0 Å². The standard InChI is InChI=1S/C43H30N2/c1-43(2)35-21-11-8-19-33(35)39-40-34-20-10-13-23-37(34)45(42(40)32-18-7-6-17-31(32)41(39)43)28-24-25-30-29-16-9-12-22-36(29)44(38(30)26-28)27-14-4-3-5-15-27/h3-26H,1-2H3. The molecule has 0 radical (unpaired) electrons. The van der Waals surface area contributed by atoms with Gasteiger partial charge in [-0.2, -0.15) is 0 Å². The fraction of sp³-hybridized carbons (Fsp3) is 0.0698. The van der Waals surface area contributed by atoms with Gasteiger partial charge in [-0.1, -0.05) is 123 Å². The Morgan fingerprint density at radius 3 is 1.84 bits per heavy atom. The van der Waals surface area contributed by atoms with Crippen LogP contribution in [0.1, 0.15) is 25.0 Å². The zero-order valence-electron chi connectivity index (χ0n) is 25.3. The van der Waals surface area contributed by atoms with E-state index in [1.54, 1.807) is 0 Å². The first-order valence-corrected chi connectivity index (χ1v) is 15.8. The predicted molar refractivity (Wildman–Crippen MR) is 190 cm³/mol. The smallest absolute Gasteiger partial charge is 0.0625 e. The van der Waals surface area contributed by atoms with Crippen LogP contribution in [-0.2, 0) is 5.41 Å². The molecule has 0 unspecified atom stereocenters. The van der Waals surface area contributed by atoms with Crippen LogP contribution < -0.4 is 0 Å². The van der Waals surface area contributed by atoms with Crippen molar-refractivity contribution in [3.63, 3.8) is 0 Å². The van der Waals surface area contributed by atoms with E-state index in [-0.39, 0.29) is 5.41 Å². The molecule has 0 saturated carbocycles. The molecule has 0 saturated heterocycles.